The highest BCUT2D eigenvalue weighted by atomic mass is 35.5. The summed E-state index contributed by atoms with van der Waals surface area (Å²) < 4.78 is 5.68. The van der Waals surface area contributed by atoms with E-state index in [0.717, 1.165) is 16.3 Å². The number of carbonyl (C=O) groups excluding carboxylic acids is 2. The van der Waals surface area contributed by atoms with Gasteiger partial charge in [0.1, 0.15) is 5.75 Å². The molecule has 0 aliphatic carbocycles. The van der Waals surface area contributed by atoms with Crippen LogP contribution in [-0.2, 0) is 0 Å². The Balaban J connectivity index is 1.62. The molecule has 0 aromatic heterocycles. The van der Waals surface area contributed by atoms with Crippen LogP contribution in [0.1, 0.15) is 31.8 Å². The van der Waals surface area contributed by atoms with Gasteiger partial charge in [0, 0.05) is 16.1 Å². The van der Waals surface area contributed by atoms with E-state index in [-0.39, 0.29) is 0 Å². The van der Waals surface area contributed by atoms with Crippen LogP contribution < -0.4 is 10.2 Å². The second-order valence-corrected chi connectivity index (χ2v) is 7.60. The number of halogens is 1. The molecule has 5 nitrogen and oxygen atoms in total. The minimum atomic E-state index is -0.474. The van der Waals surface area contributed by atoms with Gasteiger partial charge in [0.15, 0.2) is 0 Å². The molecule has 6 heteroatoms. The SMILES string of the molecule is Cc1ccc(C(=O)Oc2ccc3ccccc3c2/C=N\NC(=O)c2cccc(Cl)c2)cc1. The van der Waals surface area contributed by atoms with Crippen LogP contribution in [0, 0.1) is 6.92 Å². The number of aryl methyl sites for hydroxylation is 1. The first-order chi connectivity index (χ1) is 15.5. The van der Waals surface area contributed by atoms with Crippen molar-refractivity contribution < 1.29 is 14.3 Å². The van der Waals surface area contributed by atoms with Crippen LogP contribution in [0.4, 0.5) is 0 Å². The molecule has 0 heterocycles. The molecule has 4 rings (SSSR count). The van der Waals surface area contributed by atoms with E-state index in [1.54, 1.807) is 42.5 Å². The Hall–Kier alpha value is -3.96. The van der Waals surface area contributed by atoms with Gasteiger partial charge in [-0.2, -0.15) is 5.10 Å². The molecule has 4 aromatic rings. The first kappa shape index (κ1) is 21.3. The number of nitrogens with zero attached hydrogens (tertiary/aromatic N) is 1. The fourth-order valence-corrected chi connectivity index (χ4v) is 3.39. The average molecular weight is 443 g/mol. The fourth-order valence-electron chi connectivity index (χ4n) is 3.20. The minimum absolute atomic E-state index is 0.343. The van der Waals surface area contributed by atoms with Crippen molar-refractivity contribution in [2.45, 2.75) is 6.92 Å². The van der Waals surface area contributed by atoms with Crippen molar-refractivity contribution in [1.82, 2.24) is 5.43 Å². The van der Waals surface area contributed by atoms with Gasteiger partial charge in [-0.05, 0) is 54.1 Å². The number of rotatable bonds is 5. The van der Waals surface area contributed by atoms with Crippen LogP contribution in [0.25, 0.3) is 10.8 Å². The van der Waals surface area contributed by atoms with Crippen LogP contribution in [0.3, 0.4) is 0 Å². The van der Waals surface area contributed by atoms with Crippen molar-refractivity contribution >= 4 is 40.5 Å². The van der Waals surface area contributed by atoms with E-state index in [1.165, 1.54) is 6.21 Å². The Morgan fingerprint density at radius 3 is 2.47 bits per heavy atom. The zero-order valence-electron chi connectivity index (χ0n) is 17.2. The van der Waals surface area contributed by atoms with Crippen molar-refractivity contribution in [1.29, 1.82) is 0 Å². The first-order valence-electron chi connectivity index (χ1n) is 9.91. The van der Waals surface area contributed by atoms with Crippen molar-refractivity contribution in [3.05, 3.63) is 112 Å². The molecule has 0 saturated carbocycles. The number of hydrogen-bond acceptors (Lipinski definition) is 4. The number of esters is 1. The third kappa shape index (κ3) is 4.85. The Bertz CT molecular complexity index is 1330. The van der Waals surface area contributed by atoms with Crippen LogP contribution in [-0.4, -0.2) is 18.1 Å². The van der Waals surface area contributed by atoms with Gasteiger partial charge in [-0.1, -0.05) is 65.7 Å². The Kier molecular flexibility index (Phi) is 6.29. The van der Waals surface area contributed by atoms with Gasteiger partial charge in [0.05, 0.1) is 11.8 Å². The molecule has 0 saturated heterocycles. The highest BCUT2D eigenvalue weighted by Gasteiger charge is 2.14. The highest BCUT2D eigenvalue weighted by molar-refractivity contribution is 6.31. The number of carbonyl (C=O) groups is 2. The fraction of sp³-hybridized carbons (Fsp3) is 0.0385. The predicted octanol–water partition coefficient (Wildman–Crippen LogP) is 5.78. The van der Waals surface area contributed by atoms with Crippen LogP contribution in [0.15, 0.2) is 90.0 Å². The lowest BCUT2D eigenvalue weighted by Gasteiger charge is -2.11. The summed E-state index contributed by atoms with van der Waals surface area (Å²) in [6.45, 7) is 1.95. The summed E-state index contributed by atoms with van der Waals surface area (Å²) in [6.07, 6.45) is 1.47. The van der Waals surface area contributed by atoms with Crippen LogP contribution in [0.2, 0.25) is 5.02 Å². The van der Waals surface area contributed by atoms with E-state index in [0.29, 0.717) is 27.5 Å². The second-order valence-electron chi connectivity index (χ2n) is 7.16. The number of nitrogens with one attached hydrogen (secondary N) is 1. The smallest absolute Gasteiger partial charge is 0.343 e. The molecule has 0 unspecified atom stereocenters. The maximum atomic E-state index is 12.7. The summed E-state index contributed by atoms with van der Waals surface area (Å²) in [6, 6.07) is 25.0. The first-order valence-corrected chi connectivity index (χ1v) is 10.3. The molecule has 32 heavy (non-hydrogen) atoms. The Morgan fingerprint density at radius 1 is 0.906 bits per heavy atom. The van der Waals surface area contributed by atoms with E-state index in [9.17, 15) is 9.59 Å². The standard InChI is InChI=1S/C26H19ClN2O3/c1-17-9-11-19(12-10-17)26(31)32-24-14-13-18-5-2-3-8-22(18)23(24)16-28-29-25(30)20-6-4-7-21(27)15-20/h2-16H,1H3,(H,29,30)/b28-16-. The minimum Gasteiger partial charge on any atom is -0.422 e. The van der Waals surface area contributed by atoms with Crippen molar-refractivity contribution in [2.24, 2.45) is 5.10 Å². The number of ether oxygens (including phenoxy) is 1. The number of hydrazone groups is 1. The normalized spacial score (nSPS) is 10.9. The van der Waals surface area contributed by atoms with E-state index < -0.39 is 11.9 Å². The van der Waals surface area contributed by atoms with E-state index in [2.05, 4.69) is 10.5 Å². The maximum absolute atomic E-state index is 12.7. The van der Waals surface area contributed by atoms with Crippen LogP contribution >= 0.6 is 11.6 Å². The van der Waals surface area contributed by atoms with Gasteiger partial charge in [0.2, 0.25) is 0 Å². The molecular weight excluding hydrogens is 424 g/mol. The highest BCUT2D eigenvalue weighted by Crippen LogP contribution is 2.27. The van der Waals surface area contributed by atoms with E-state index in [4.69, 9.17) is 16.3 Å². The summed E-state index contributed by atoms with van der Waals surface area (Å²) in [5, 5.41) is 6.34. The molecule has 0 spiro atoms. The monoisotopic (exact) mass is 442 g/mol. The molecule has 0 aliphatic rings. The summed E-state index contributed by atoms with van der Waals surface area (Å²) in [4.78, 5) is 25.0. The Morgan fingerprint density at radius 2 is 1.69 bits per heavy atom. The molecule has 0 aliphatic heterocycles. The van der Waals surface area contributed by atoms with Crippen LogP contribution in [0.5, 0.6) is 5.75 Å². The van der Waals surface area contributed by atoms with Gasteiger partial charge in [0.25, 0.3) is 5.91 Å². The summed E-state index contributed by atoms with van der Waals surface area (Å²) in [5.74, 6) is -0.532. The molecule has 0 atom stereocenters. The summed E-state index contributed by atoms with van der Waals surface area (Å²) in [7, 11) is 0. The van der Waals surface area contributed by atoms with Crippen molar-refractivity contribution in [3.63, 3.8) is 0 Å². The molecular formula is C26H19ClN2O3. The lowest BCUT2D eigenvalue weighted by atomic mass is 10.0. The van der Waals surface area contributed by atoms with E-state index in [1.807, 2.05) is 49.4 Å². The molecule has 4 aromatic carbocycles. The van der Waals surface area contributed by atoms with Crippen molar-refractivity contribution in [3.8, 4) is 5.75 Å². The van der Waals surface area contributed by atoms with Gasteiger partial charge >= 0.3 is 5.97 Å². The Labute approximate surface area is 190 Å². The largest absolute Gasteiger partial charge is 0.422 e. The lowest BCUT2D eigenvalue weighted by molar-refractivity contribution is 0.0734. The quantitative estimate of drug-likeness (QED) is 0.184. The van der Waals surface area contributed by atoms with Gasteiger partial charge in [-0.25, -0.2) is 10.2 Å². The van der Waals surface area contributed by atoms with Crippen molar-refractivity contribution in [2.75, 3.05) is 0 Å². The number of fused-ring (bicyclic) bond motifs is 1. The topological polar surface area (TPSA) is 67.8 Å². The number of hydrogen-bond donors (Lipinski definition) is 1. The van der Waals surface area contributed by atoms with Gasteiger partial charge < -0.3 is 4.74 Å². The molecule has 1 amide bonds. The molecule has 1 N–H and O–H groups in total. The summed E-state index contributed by atoms with van der Waals surface area (Å²) in [5.41, 5.74) is 4.95. The second kappa shape index (κ2) is 9.45. The van der Waals surface area contributed by atoms with Gasteiger partial charge in [-0.3, -0.25) is 4.79 Å². The number of amides is 1. The van der Waals surface area contributed by atoms with Gasteiger partial charge in [-0.15, -0.1) is 0 Å². The zero-order chi connectivity index (χ0) is 22.5. The van der Waals surface area contributed by atoms with E-state index >= 15 is 0 Å². The predicted molar refractivity (Wildman–Crippen MR) is 127 cm³/mol. The molecule has 0 radical (unpaired) electrons. The third-order valence-electron chi connectivity index (χ3n) is 4.87. The molecule has 0 fully saturated rings. The molecule has 0 bridgehead atoms. The average Bonchev–Trinajstić information content (AvgIpc) is 2.80. The number of benzene rings is 4. The lowest BCUT2D eigenvalue weighted by Crippen LogP contribution is -2.17. The zero-order valence-corrected chi connectivity index (χ0v) is 18.0. The third-order valence-corrected chi connectivity index (χ3v) is 5.10. The molecule has 158 valence electrons. The summed E-state index contributed by atoms with van der Waals surface area (Å²) >= 11 is 5.95. The maximum Gasteiger partial charge on any atom is 0.343 e.